The van der Waals surface area contributed by atoms with Gasteiger partial charge in [-0.25, -0.2) is 0 Å². The highest BCUT2D eigenvalue weighted by Crippen LogP contribution is 2.30. The number of benzene rings is 1. The Labute approximate surface area is 93.6 Å². The molecule has 0 saturated heterocycles. The van der Waals surface area contributed by atoms with Crippen molar-refractivity contribution < 1.29 is 4.74 Å². The van der Waals surface area contributed by atoms with Crippen molar-refractivity contribution >= 4 is 15.9 Å². The van der Waals surface area contributed by atoms with Gasteiger partial charge in [-0.2, -0.15) is 0 Å². The predicted molar refractivity (Wildman–Crippen MR) is 62.5 cm³/mol. The third kappa shape index (κ3) is 2.28. The third-order valence-corrected chi connectivity index (χ3v) is 3.17. The molecule has 0 aromatic heterocycles. The second kappa shape index (κ2) is 4.32. The van der Waals surface area contributed by atoms with E-state index >= 15 is 0 Å². The Morgan fingerprint density at radius 3 is 2.57 bits per heavy atom. The van der Waals surface area contributed by atoms with Gasteiger partial charge in [-0.1, -0.05) is 13.0 Å². The van der Waals surface area contributed by atoms with Gasteiger partial charge in [-0.05, 0) is 47.0 Å². The second-order valence-electron chi connectivity index (χ2n) is 3.62. The number of nitrogens with two attached hydrogens (primary N) is 1. The van der Waals surface area contributed by atoms with Gasteiger partial charge in [0.2, 0.25) is 0 Å². The summed E-state index contributed by atoms with van der Waals surface area (Å²) in [7, 11) is 1.65. The first-order valence-corrected chi connectivity index (χ1v) is 5.43. The maximum atomic E-state index is 6.14. The Hall–Kier alpha value is -0.540. The maximum absolute atomic E-state index is 6.14. The summed E-state index contributed by atoms with van der Waals surface area (Å²) in [5, 5.41) is 0. The van der Waals surface area contributed by atoms with Crippen molar-refractivity contribution in [2.24, 2.45) is 5.73 Å². The first kappa shape index (κ1) is 11.5. The summed E-state index contributed by atoms with van der Waals surface area (Å²) in [6.07, 6.45) is 0.909. The Morgan fingerprint density at radius 2 is 2.14 bits per heavy atom. The van der Waals surface area contributed by atoms with Crippen LogP contribution < -0.4 is 10.5 Å². The fraction of sp³-hybridized carbons (Fsp3) is 0.455. The van der Waals surface area contributed by atoms with E-state index in [4.69, 9.17) is 10.5 Å². The molecule has 14 heavy (non-hydrogen) atoms. The lowest BCUT2D eigenvalue weighted by molar-refractivity contribution is 0.410. The zero-order valence-corrected chi connectivity index (χ0v) is 10.4. The van der Waals surface area contributed by atoms with Gasteiger partial charge < -0.3 is 10.5 Å². The average molecular weight is 258 g/mol. The number of hydrogen-bond acceptors (Lipinski definition) is 2. The molecule has 0 radical (unpaired) electrons. The van der Waals surface area contributed by atoms with E-state index in [9.17, 15) is 0 Å². The van der Waals surface area contributed by atoms with Crippen LogP contribution in [-0.4, -0.2) is 7.11 Å². The Bertz CT molecular complexity index is 323. The first-order valence-electron chi connectivity index (χ1n) is 4.64. The van der Waals surface area contributed by atoms with Crippen LogP contribution in [0.4, 0.5) is 0 Å². The van der Waals surface area contributed by atoms with Gasteiger partial charge in [0.05, 0.1) is 11.6 Å². The number of methoxy groups -OCH3 is 1. The van der Waals surface area contributed by atoms with Crippen LogP contribution in [0.15, 0.2) is 22.7 Å². The van der Waals surface area contributed by atoms with Crippen molar-refractivity contribution in [3.05, 3.63) is 28.2 Å². The van der Waals surface area contributed by atoms with Gasteiger partial charge in [0.15, 0.2) is 0 Å². The third-order valence-electron chi connectivity index (χ3n) is 2.55. The Balaban J connectivity index is 3.08. The smallest absolute Gasteiger partial charge is 0.133 e. The van der Waals surface area contributed by atoms with Crippen molar-refractivity contribution in [1.29, 1.82) is 0 Å². The number of rotatable bonds is 3. The van der Waals surface area contributed by atoms with Crippen molar-refractivity contribution in [3.8, 4) is 5.75 Å². The van der Waals surface area contributed by atoms with E-state index < -0.39 is 0 Å². The summed E-state index contributed by atoms with van der Waals surface area (Å²) >= 11 is 3.45. The highest BCUT2D eigenvalue weighted by molar-refractivity contribution is 9.10. The minimum absolute atomic E-state index is 0.269. The summed E-state index contributed by atoms with van der Waals surface area (Å²) in [6.45, 7) is 4.11. The molecule has 0 fully saturated rings. The van der Waals surface area contributed by atoms with Gasteiger partial charge in [0.1, 0.15) is 5.75 Å². The van der Waals surface area contributed by atoms with Crippen LogP contribution in [0.2, 0.25) is 0 Å². The predicted octanol–water partition coefficient (Wildman–Crippen LogP) is 3.04. The lowest BCUT2D eigenvalue weighted by Gasteiger charge is -2.23. The highest BCUT2D eigenvalue weighted by Gasteiger charge is 2.19. The molecule has 1 aromatic carbocycles. The summed E-state index contributed by atoms with van der Waals surface area (Å²) < 4.78 is 6.11. The lowest BCUT2D eigenvalue weighted by Crippen LogP contribution is -2.31. The standard InChI is InChI=1S/C11H16BrNO/c1-4-11(2,13)8-5-6-10(14-3)9(12)7-8/h5-7H,4,13H2,1-3H3/t11-/m0/s1. The van der Waals surface area contributed by atoms with E-state index in [1.165, 1.54) is 0 Å². The molecule has 0 aliphatic rings. The molecule has 0 unspecified atom stereocenters. The van der Waals surface area contributed by atoms with Crippen molar-refractivity contribution in [3.63, 3.8) is 0 Å². The molecule has 78 valence electrons. The average Bonchev–Trinajstić information content (AvgIpc) is 2.17. The molecule has 0 spiro atoms. The van der Waals surface area contributed by atoms with Crippen LogP contribution in [-0.2, 0) is 5.54 Å². The minimum atomic E-state index is -0.269. The van der Waals surface area contributed by atoms with Crippen LogP contribution in [0.5, 0.6) is 5.75 Å². The zero-order chi connectivity index (χ0) is 10.8. The van der Waals surface area contributed by atoms with E-state index in [1.807, 2.05) is 25.1 Å². The molecule has 0 aliphatic heterocycles. The summed E-state index contributed by atoms with van der Waals surface area (Å²) in [5.41, 5.74) is 6.99. The van der Waals surface area contributed by atoms with Crippen molar-refractivity contribution in [2.75, 3.05) is 7.11 Å². The Kier molecular flexibility index (Phi) is 3.56. The number of hydrogen-bond donors (Lipinski definition) is 1. The molecule has 1 aromatic rings. The summed E-state index contributed by atoms with van der Waals surface area (Å²) in [6, 6.07) is 5.95. The number of ether oxygens (including phenoxy) is 1. The molecular weight excluding hydrogens is 242 g/mol. The quantitative estimate of drug-likeness (QED) is 0.904. The summed E-state index contributed by atoms with van der Waals surface area (Å²) in [5.74, 6) is 0.834. The molecule has 1 rings (SSSR count). The molecule has 0 amide bonds. The largest absolute Gasteiger partial charge is 0.496 e. The van der Waals surface area contributed by atoms with E-state index in [1.54, 1.807) is 7.11 Å². The monoisotopic (exact) mass is 257 g/mol. The van der Waals surface area contributed by atoms with Crippen LogP contribution in [0.1, 0.15) is 25.8 Å². The summed E-state index contributed by atoms with van der Waals surface area (Å²) in [4.78, 5) is 0. The minimum Gasteiger partial charge on any atom is -0.496 e. The van der Waals surface area contributed by atoms with Crippen LogP contribution in [0.3, 0.4) is 0 Å². The molecule has 3 heteroatoms. The van der Waals surface area contributed by atoms with Crippen LogP contribution >= 0.6 is 15.9 Å². The molecular formula is C11H16BrNO. The maximum Gasteiger partial charge on any atom is 0.133 e. The first-order chi connectivity index (χ1) is 6.51. The molecule has 0 aliphatic carbocycles. The van der Waals surface area contributed by atoms with E-state index in [2.05, 4.69) is 22.9 Å². The fourth-order valence-corrected chi connectivity index (χ4v) is 1.77. The van der Waals surface area contributed by atoms with Gasteiger partial charge in [-0.3, -0.25) is 0 Å². The molecule has 0 heterocycles. The van der Waals surface area contributed by atoms with Gasteiger partial charge in [0.25, 0.3) is 0 Å². The highest BCUT2D eigenvalue weighted by atomic mass is 79.9. The van der Waals surface area contributed by atoms with Gasteiger partial charge in [-0.15, -0.1) is 0 Å². The molecule has 2 N–H and O–H groups in total. The van der Waals surface area contributed by atoms with E-state index in [0.29, 0.717) is 0 Å². The SMILES string of the molecule is CC[C@](C)(N)c1ccc(OC)c(Br)c1. The molecule has 0 bridgehead atoms. The lowest BCUT2D eigenvalue weighted by atomic mass is 9.91. The van der Waals surface area contributed by atoms with Crippen molar-refractivity contribution in [1.82, 2.24) is 0 Å². The second-order valence-corrected chi connectivity index (χ2v) is 4.47. The van der Waals surface area contributed by atoms with E-state index in [0.717, 1.165) is 22.2 Å². The topological polar surface area (TPSA) is 35.2 Å². The van der Waals surface area contributed by atoms with Crippen LogP contribution in [0.25, 0.3) is 0 Å². The normalized spacial score (nSPS) is 14.9. The molecule has 0 saturated carbocycles. The Morgan fingerprint density at radius 1 is 1.50 bits per heavy atom. The fourth-order valence-electron chi connectivity index (χ4n) is 1.23. The van der Waals surface area contributed by atoms with Gasteiger partial charge in [0, 0.05) is 5.54 Å². The molecule has 1 atom stereocenters. The number of halogens is 1. The van der Waals surface area contributed by atoms with Gasteiger partial charge >= 0.3 is 0 Å². The van der Waals surface area contributed by atoms with Crippen LogP contribution in [0, 0.1) is 0 Å². The zero-order valence-electron chi connectivity index (χ0n) is 8.80. The van der Waals surface area contributed by atoms with E-state index in [-0.39, 0.29) is 5.54 Å². The molecule has 2 nitrogen and oxygen atoms in total. The van der Waals surface area contributed by atoms with Crippen molar-refractivity contribution in [2.45, 2.75) is 25.8 Å².